The fraction of sp³-hybridized carbons (Fsp3) is 0.500. The molecule has 0 unspecified atom stereocenters. The summed E-state index contributed by atoms with van der Waals surface area (Å²) in [5, 5.41) is 3.05. The molecule has 1 amide bonds. The Hall–Kier alpha value is -2.34. The number of ether oxygens (including phenoxy) is 1. The van der Waals surface area contributed by atoms with Crippen LogP contribution in [0.25, 0.3) is 0 Å². The maximum absolute atomic E-state index is 12.2. The molecule has 26 heavy (non-hydrogen) atoms. The van der Waals surface area contributed by atoms with Crippen molar-refractivity contribution in [3.05, 3.63) is 48.2 Å². The first kappa shape index (κ1) is 15.9. The molecule has 1 spiro atoms. The van der Waals surface area contributed by atoms with E-state index >= 15 is 0 Å². The smallest absolute Gasteiger partial charge is 0.286 e. The highest BCUT2D eigenvalue weighted by atomic mass is 16.5. The topological polar surface area (TPSA) is 67.6 Å². The number of fused-ring (bicyclic) bond motifs is 1. The highest BCUT2D eigenvalue weighted by Crippen LogP contribution is 2.55. The number of hydrogen-bond acceptors (Lipinski definition) is 5. The molecule has 0 saturated carbocycles. The van der Waals surface area contributed by atoms with Crippen LogP contribution in [0.15, 0.2) is 41.3 Å². The number of aryl methyl sites for hydroxylation is 1. The number of anilines is 1. The Morgan fingerprint density at radius 1 is 1.46 bits per heavy atom. The van der Waals surface area contributed by atoms with Crippen LogP contribution in [-0.4, -0.2) is 42.2 Å². The SMILES string of the molecule is Cc1cnccc1N1C[C@@H]2[C@H](CNC(=O)c3ccco3)[C@H]3CC[C@]2(C1)O3. The van der Waals surface area contributed by atoms with Gasteiger partial charge in [-0.1, -0.05) is 0 Å². The monoisotopic (exact) mass is 353 g/mol. The predicted octanol–water partition coefficient (Wildman–Crippen LogP) is 2.40. The van der Waals surface area contributed by atoms with Crippen molar-refractivity contribution in [2.75, 3.05) is 24.5 Å². The third-order valence-electron chi connectivity index (χ3n) is 6.36. The molecular weight excluding hydrogens is 330 g/mol. The number of carbonyl (C=O) groups excluding carboxylic acids is 1. The van der Waals surface area contributed by atoms with Crippen molar-refractivity contribution >= 4 is 11.6 Å². The van der Waals surface area contributed by atoms with E-state index < -0.39 is 0 Å². The molecule has 5 rings (SSSR count). The van der Waals surface area contributed by atoms with Crippen molar-refractivity contribution in [1.29, 1.82) is 0 Å². The number of nitrogens with zero attached hydrogens (tertiary/aromatic N) is 2. The summed E-state index contributed by atoms with van der Waals surface area (Å²) in [4.78, 5) is 18.9. The van der Waals surface area contributed by atoms with E-state index in [-0.39, 0.29) is 17.6 Å². The van der Waals surface area contributed by atoms with Gasteiger partial charge in [-0.15, -0.1) is 0 Å². The first-order chi connectivity index (χ1) is 12.7. The van der Waals surface area contributed by atoms with Crippen LogP contribution in [-0.2, 0) is 4.74 Å². The van der Waals surface area contributed by atoms with E-state index in [2.05, 4.69) is 28.2 Å². The molecule has 5 heterocycles. The average Bonchev–Trinajstić information content (AvgIpc) is 3.40. The van der Waals surface area contributed by atoms with Crippen LogP contribution >= 0.6 is 0 Å². The molecule has 136 valence electrons. The molecule has 6 nitrogen and oxygen atoms in total. The van der Waals surface area contributed by atoms with Gasteiger partial charge in [0.05, 0.1) is 18.0 Å². The van der Waals surface area contributed by atoms with Crippen LogP contribution in [0.5, 0.6) is 0 Å². The Labute approximate surface area is 152 Å². The molecule has 2 bridgehead atoms. The summed E-state index contributed by atoms with van der Waals surface area (Å²) in [5.74, 6) is 1.02. The quantitative estimate of drug-likeness (QED) is 0.914. The maximum Gasteiger partial charge on any atom is 0.286 e. The van der Waals surface area contributed by atoms with Gasteiger partial charge in [0.1, 0.15) is 0 Å². The minimum atomic E-state index is -0.147. The molecule has 0 aromatic carbocycles. The van der Waals surface area contributed by atoms with Gasteiger partial charge in [0, 0.05) is 49.6 Å². The molecule has 0 radical (unpaired) electrons. The molecular formula is C20H23N3O3. The number of carbonyl (C=O) groups is 1. The standard InChI is InChI=1S/C20H23N3O3/c1-13-9-21-7-5-16(13)23-11-15-14(17-4-6-20(15,12-23)26-17)10-22-19(24)18-3-2-8-25-18/h2-3,5,7-9,14-15,17H,4,6,10-12H2,1H3,(H,22,24)/t14-,15+,17+,20+/m0/s1. The Morgan fingerprint density at radius 2 is 2.38 bits per heavy atom. The van der Waals surface area contributed by atoms with Crippen molar-refractivity contribution in [3.63, 3.8) is 0 Å². The van der Waals surface area contributed by atoms with Crippen molar-refractivity contribution in [2.24, 2.45) is 11.8 Å². The van der Waals surface area contributed by atoms with Gasteiger partial charge >= 0.3 is 0 Å². The number of nitrogens with one attached hydrogen (secondary N) is 1. The van der Waals surface area contributed by atoms with Crippen LogP contribution in [0.4, 0.5) is 5.69 Å². The second-order valence-corrected chi connectivity index (χ2v) is 7.76. The van der Waals surface area contributed by atoms with Gasteiger partial charge in [0.2, 0.25) is 0 Å². The Balaban J connectivity index is 1.32. The molecule has 3 fully saturated rings. The lowest BCUT2D eigenvalue weighted by molar-refractivity contribution is 0.0141. The average molecular weight is 353 g/mol. The van der Waals surface area contributed by atoms with E-state index in [0.717, 1.165) is 25.9 Å². The first-order valence-corrected chi connectivity index (χ1v) is 9.31. The molecule has 3 aliphatic heterocycles. The van der Waals surface area contributed by atoms with Crippen LogP contribution in [0.2, 0.25) is 0 Å². The predicted molar refractivity (Wildman–Crippen MR) is 96.0 cm³/mol. The number of hydrogen-bond donors (Lipinski definition) is 1. The lowest BCUT2D eigenvalue weighted by Gasteiger charge is -2.29. The zero-order chi connectivity index (χ0) is 17.7. The fourth-order valence-electron chi connectivity index (χ4n) is 5.17. The number of pyridine rings is 1. The third kappa shape index (κ3) is 2.35. The second-order valence-electron chi connectivity index (χ2n) is 7.76. The van der Waals surface area contributed by atoms with Crippen molar-refractivity contribution in [2.45, 2.75) is 31.5 Å². The Bertz CT molecular complexity index is 821. The minimum Gasteiger partial charge on any atom is -0.459 e. The maximum atomic E-state index is 12.2. The Morgan fingerprint density at radius 3 is 3.19 bits per heavy atom. The van der Waals surface area contributed by atoms with Crippen LogP contribution in [0.1, 0.15) is 29.0 Å². The summed E-state index contributed by atoms with van der Waals surface area (Å²) in [7, 11) is 0. The van der Waals surface area contributed by atoms with E-state index in [1.54, 1.807) is 12.1 Å². The highest BCUT2D eigenvalue weighted by molar-refractivity contribution is 5.91. The number of amides is 1. The number of furan rings is 1. The number of aromatic nitrogens is 1. The van der Waals surface area contributed by atoms with Gasteiger partial charge in [-0.25, -0.2) is 0 Å². The van der Waals surface area contributed by atoms with Gasteiger partial charge in [-0.05, 0) is 43.5 Å². The van der Waals surface area contributed by atoms with E-state index in [4.69, 9.17) is 9.15 Å². The van der Waals surface area contributed by atoms with Crippen molar-refractivity contribution < 1.29 is 13.9 Å². The zero-order valence-electron chi connectivity index (χ0n) is 14.9. The molecule has 3 aliphatic rings. The molecule has 6 heteroatoms. The van der Waals surface area contributed by atoms with Crippen LogP contribution in [0.3, 0.4) is 0 Å². The lowest BCUT2D eigenvalue weighted by atomic mass is 9.73. The van der Waals surface area contributed by atoms with E-state index in [0.29, 0.717) is 24.1 Å². The summed E-state index contributed by atoms with van der Waals surface area (Å²) >= 11 is 0. The van der Waals surface area contributed by atoms with Crippen molar-refractivity contribution in [1.82, 2.24) is 10.3 Å². The summed E-state index contributed by atoms with van der Waals surface area (Å²) in [6.07, 6.45) is 7.76. The molecule has 4 atom stereocenters. The normalized spacial score (nSPS) is 32.0. The molecule has 2 aromatic heterocycles. The molecule has 2 aromatic rings. The van der Waals surface area contributed by atoms with Crippen molar-refractivity contribution in [3.8, 4) is 0 Å². The first-order valence-electron chi connectivity index (χ1n) is 9.31. The largest absolute Gasteiger partial charge is 0.459 e. The summed E-state index contributed by atoms with van der Waals surface area (Å²) in [5.41, 5.74) is 2.38. The van der Waals surface area contributed by atoms with Gasteiger partial charge in [0.15, 0.2) is 5.76 Å². The van der Waals surface area contributed by atoms with E-state index in [1.807, 2.05) is 12.4 Å². The number of rotatable bonds is 4. The zero-order valence-corrected chi connectivity index (χ0v) is 14.9. The van der Waals surface area contributed by atoms with Gasteiger partial charge in [-0.2, -0.15) is 0 Å². The fourth-order valence-corrected chi connectivity index (χ4v) is 5.17. The summed E-state index contributed by atoms with van der Waals surface area (Å²) < 4.78 is 11.7. The van der Waals surface area contributed by atoms with Gasteiger partial charge in [0.25, 0.3) is 5.91 Å². The Kier molecular flexibility index (Phi) is 3.57. The minimum absolute atomic E-state index is 0.0551. The lowest BCUT2D eigenvalue weighted by Crippen LogP contribution is -2.41. The highest BCUT2D eigenvalue weighted by Gasteiger charge is 2.63. The van der Waals surface area contributed by atoms with E-state index in [1.165, 1.54) is 17.5 Å². The third-order valence-corrected chi connectivity index (χ3v) is 6.36. The second kappa shape index (κ2) is 5.84. The van der Waals surface area contributed by atoms with Crippen LogP contribution < -0.4 is 10.2 Å². The molecule has 0 aliphatic carbocycles. The molecule has 1 N–H and O–H groups in total. The summed E-state index contributed by atoms with van der Waals surface area (Å²) in [6.45, 7) is 4.65. The molecule has 3 saturated heterocycles. The van der Waals surface area contributed by atoms with Crippen LogP contribution in [0, 0.1) is 18.8 Å². The van der Waals surface area contributed by atoms with E-state index in [9.17, 15) is 4.79 Å². The summed E-state index contributed by atoms with van der Waals surface area (Å²) in [6, 6.07) is 5.52. The van der Waals surface area contributed by atoms with Gasteiger partial charge < -0.3 is 19.4 Å². The van der Waals surface area contributed by atoms with Gasteiger partial charge in [-0.3, -0.25) is 9.78 Å².